The van der Waals surface area contributed by atoms with Crippen LogP contribution >= 0.6 is 0 Å². The molecule has 4 aromatic rings. The quantitative estimate of drug-likeness (QED) is 0.606. The van der Waals surface area contributed by atoms with Gasteiger partial charge in [0, 0.05) is 5.56 Å². The van der Waals surface area contributed by atoms with E-state index in [9.17, 15) is 5.11 Å². The van der Waals surface area contributed by atoms with Crippen LogP contribution in [0.15, 0.2) is 73.1 Å². The molecular formula is C19H13N3O. The average molecular weight is 299 g/mol. The van der Waals surface area contributed by atoms with Crippen LogP contribution in [0.25, 0.3) is 33.5 Å². The van der Waals surface area contributed by atoms with E-state index in [-0.39, 0.29) is 5.75 Å². The number of hydrogen-bond acceptors (Lipinski definition) is 4. The fourth-order valence-corrected chi connectivity index (χ4v) is 2.64. The standard InChI is InChI=1S/C19H13N3O/c23-17-11-4-3-9-16(17)19-21-12-20-18(22-19)15-10-5-7-13-6-1-2-8-14(13)15/h1-12,23H. The van der Waals surface area contributed by atoms with Crippen molar-refractivity contribution < 1.29 is 5.11 Å². The second-order valence-corrected chi connectivity index (χ2v) is 5.18. The molecule has 0 unspecified atom stereocenters. The molecule has 0 aliphatic rings. The largest absolute Gasteiger partial charge is 0.507 e. The van der Waals surface area contributed by atoms with E-state index < -0.39 is 0 Å². The maximum atomic E-state index is 10.00. The SMILES string of the molecule is Oc1ccccc1-c1ncnc(-c2cccc3ccccc23)n1. The Morgan fingerprint density at radius 3 is 2.17 bits per heavy atom. The van der Waals surface area contributed by atoms with Crippen LogP contribution < -0.4 is 0 Å². The first-order chi connectivity index (χ1) is 11.3. The van der Waals surface area contributed by atoms with Gasteiger partial charge in [-0.1, -0.05) is 54.6 Å². The highest BCUT2D eigenvalue weighted by Crippen LogP contribution is 2.29. The van der Waals surface area contributed by atoms with E-state index in [4.69, 9.17) is 0 Å². The Morgan fingerprint density at radius 1 is 0.652 bits per heavy atom. The minimum atomic E-state index is 0.155. The Bertz CT molecular complexity index is 993. The topological polar surface area (TPSA) is 58.9 Å². The number of aromatic hydroxyl groups is 1. The van der Waals surface area contributed by atoms with Crippen LogP contribution in [0.4, 0.5) is 0 Å². The molecule has 23 heavy (non-hydrogen) atoms. The zero-order valence-electron chi connectivity index (χ0n) is 12.2. The van der Waals surface area contributed by atoms with Gasteiger partial charge in [0.2, 0.25) is 0 Å². The molecule has 0 saturated heterocycles. The maximum Gasteiger partial charge on any atom is 0.167 e. The molecular weight excluding hydrogens is 286 g/mol. The maximum absolute atomic E-state index is 10.00. The third-order valence-corrected chi connectivity index (χ3v) is 3.75. The number of aromatic nitrogens is 3. The minimum Gasteiger partial charge on any atom is -0.507 e. The predicted molar refractivity (Wildman–Crippen MR) is 89.9 cm³/mol. The second kappa shape index (κ2) is 5.50. The summed E-state index contributed by atoms with van der Waals surface area (Å²) in [6, 6.07) is 21.2. The number of hydrogen-bond donors (Lipinski definition) is 1. The number of phenolic OH excluding ortho intramolecular Hbond substituents is 1. The highest BCUT2D eigenvalue weighted by Gasteiger charge is 2.11. The number of benzene rings is 3. The summed E-state index contributed by atoms with van der Waals surface area (Å²) in [4.78, 5) is 13.0. The Labute approximate surface area is 133 Å². The van der Waals surface area contributed by atoms with E-state index in [0.717, 1.165) is 16.3 Å². The molecule has 1 aromatic heterocycles. The van der Waals surface area contributed by atoms with Crippen molar-refractivity contribution in [3.05, 3.63) is 73.1 Å². The summed E-state index contributed by atoms with van der Waals surface area (Å²) in [5.41, 5.74) is 1.54. The van der Waals surface area contributed by atoms with Crippen molar-refractivity contribution in [3.63, 3.8) is 0 Å². The average Bonchev–Trinajstić information content (AvgIpc) is 2.62. The van der Waals surface area contributed by atoms with Gasteiger partial charge in [0.05, 0.1) is 5.56 Å². The Hall–Kier alpha value is -3.27. The molecule has 1 N–H and O–H groups in total. The lowest BCUT2D eigenvalue weighted by Gasteiger charge is -2.07. The molecule has 0 aliphatic heterocycles. The van der Waals surface area contributed by atoms with Gasteiger partial charge in [-0.3, -0.25) is 0 Å². The number of fused-ring (bicyclic) bond motifs is 1. The number of rotatable bonds is 2. The van der Waals surface area contributed by atoms with E-state index in [2.05, 4.69) is 27.1 Å². The molecule has 1 heterocycles. The molecule has 4 rings (SSSR count). The monoisotopic (exact) mass is 299 g/mol. The van der Waals surface area contributed by atoms with Gasteiger partial charge in [0.25, 0.3) is 0 Å². The predicted octanol–water partition coefficient (Wildman–Crippen LogP) is 4.06. The van der Waals surface area contributed by atoms with Gasteiger partial charge in [-0.2, -0.15) is 0 Å². The van der Waals surface area contributed by atoms with Crippen LogP contribution in [0.2, 0.25) is 0 Å². The Morgan fingerprint density at radius 2 is 1.30 bits per heavy atom. The lowest BCUT2D eigenvalue weighted by molar-refractivity contribution is 0.477. The van der Waals surface area contributed by atoms with E-state index in [0.29, 0.717) is 17.2 Å². The van der Waals surface area contributed by atoms with Crippen molar-refractivity contribution in [1.82, 2.24) is 15.0 Å². The van der Waals surface area contributed by atoms with Crippen molar-refractivity contribution in [2.75, 3.05) is 0 Å². The summed E-state index contributed by atoms with van der Waals surface area (Å²) in [5, 5.41) is 12.2. The number of para-hydroxylation sites is 1. The summed E-state index contributed by atoms with van der Waals surface area (Å²) < 4.78 is 0. The molecule has 0 amide bonds. The van der Waals surface area contributed by atoms with Crippen LogP contribution in [0, 0.1) is 0 Å². The van der Waals surface area contributed by atoms with Crippen molar-refractivity contribution in [3.8, 4) is 28.5 Å². The van der Waals surface area contributed by atoms with Gasteiger partial charge >= 0.3 is 0 Å². The van der Waals surface area contributed by atoms with Gasteiger partial charge in [-0.05, 0) is 22.9 Å². The fraction of sp³-hybridized carbons (Fsp3) is 0. The normalized spacial score (nSPS) is 10.8. The lowest BCUT2D eigenvalue weighted by Crippen LogP contribution is -1.96. The van der Waals surface area contributed by atoms with Crippen molar-refractivity contribution in [2.45, 2.75) is 0 Å². The highest BCUT2D eigenvalue weighted by atomic mass is 16.3. The van der Waals surface area contributed by atoms with Crippen molar-refractivity contribution >= 4 is 10.8 Å². The molecule has 0 spiro atoms. The summed E-state index contributed by atoms with van der Waals surface area (Å²) in [7, 11) is 0. The van der Waals surface area contributed by atoms with Gasteiger partial charge in [-0.15, -0.1) is 0 Å². The summed E-state index contributed by atoms with van der Waals surface area (Å²) in [6.45, 7) is 0. The zero-order chi connectivity index (χ0) is 15.6. The number of nitrogens with zero attached hydrogens (tertiary/aromatic N) is 3. The van der Waals surface area contributed by atoms with Gasteiger partial charge in [0.1, 0.15) is 12.1 Å². The molecule has 0 radical (unpaired) electrons. The zero-order valence-corrected chi connectivity index (χ0v) is 12.2. The first-order valence-corrected chi connectivity index (χ1v) is 7.28. The molecule has 0 bridgehead atoms. The number of phenols is 1. The van der Waals surface area contributed by atoms with Gasteiger partial charge < -0.3 is 5.11 Å². The van der Waals surface area contributed by atoms with E-state index in [1.54, 1.807) is 18.2 Å². The molecule has 4 heteroatoms. The Balaban J connectivity index is 1.90. The van der Waals surface area contributed by atoms with Crippen molar-refractivity contribution in [1.29, 1.82) is 0 Å². The molecule has 0 fully saturated rings. The molecule has 0 saturated carbocycles. The van der Waals surface area contributed by atoms with Crippen LogP contribution in [0.3, 0.4) is 0 Å². The van der Waals surface area contributed by atoms with E-state index in [1.165, 1.54) is 6.33 Å². The first-order valence-electron chi connectivity index (χ1n) is 7.28. The van der Waals surface area contributed by atoms with E-state index >= 15 is 0 Å². The van der Waals surface area contributed by atoms with Crippen LogP contribution in [-0.2, 0) is 0 Å². The molecule has 0 atom stereocenters. The third-order valence-electron chi connectivity index (χ3n) is 3.75. The van der Waals surface area contributed by atoms with Crippen LogP contribution in [0.5, 0.6) is 5.75 Å². The van der Waals surface area contributed by atoms with Gasteiger partial charge in [-0.25, -0.2) is 15.0 Å². The molecule has 110 valence electrons. The van der Waals surface area contributed by atoms with Gasteiger partial charge in [0.15, 0.2) is 11.6 Å². The van der Waals surface area contributed by atoms with Crippen LogP contribution in [-0.4, -0.2) is 20.1 Å². The lowest BCUT2D eigenvalue weighted by atomic mass is 10.0. The summed E-state index contributed by atoms with van der Waals surface area (Å²) in [5.74, 6) is 1.21. The highest BCUT2D eigenvalue weighted by molar-refractivity contribution is 5.95. The first kappa shape index (κ1) is 13.4. The minimum absolute atomic E-state index is 0.155. The second-order valence-electron chi connectivity index (χ2n) is 5.18. The summed E-state index contributed by atoms with van der Waals surface area (Å²) in [6.07, 6.45) is 1.48. The fourth-order valence-electron chi connectivity index (χ4n) is 2.64. The summed E-state index contributed by atoms with van der Waals surface area (Å²) >= 11 is 0. The van der Waals surface area contributed by atoms with Crippen LogP contribution in [0.1, 0.15) is 0 Å². The third kappa shape index (κ3) is 2.40. The smallest absolute Gasteiger partial charge is 0.167 e. The molecule has 0 aliphatic carbocycles. The Kier molecular flexibility index (Phi) is 3.20. The van der Waals surface area contributed by atoms with E-state index in [1.807, 2.05) is 36.4 Å². The van der Waals surface area contributed by atoms with Crippen molar-refractivity contribution in [2.24, 2.45) is 0 Å². The molecule has 4 nitrogen and oxygen atoms in total. The molecule has 3 aromatic carbocycles.